The van der Waals surface area contributed by atoms with Gasteiger partial charge in [-0.1, -0.05) is 0 Å². The van der Waals surface area contributed by atoms with E-state index in [1.54, 1.807) is 0 Å². The van der Waals surface area contributed by atoms with Crippen LogP contribution in [0, 0.1) is 0 Å². The molecule has 20 heavy (non-hydrogen) atoms. The molecule has 1 aromatic carbocycles. The molecule has 0 saturated carbocycles. The highest BCUT2D eigenvalue weighted by molar-refractivity contribution is 5.90. The Morgan fingerprint density at radius 1 is 1.30 bits per heavy atom. The van der Waals surface area contributed by atoms with Gasteiger partial charge in [0.15, 0.2) is 0 Å². The van der Waals surface area contributed by atoms with Gasteiger partial charge in [0.05, 0.1) is 25.0 Å². The first kappa shape index (κ1) is 16.1. The molecule has 0 spiro atoms. The third kappa shape index (κ3) is 5.35. The second kappa shape index (κ2) is 6.99. The monoisotopic (exact) mass is 293 g/mol. The summed E-state index contributed by atoms with van der Waals surface area (Å²) in [5.74, 6) is -0.383. The van der Waals surface area contributed by atoms with Gasteiger partial charge in [-0.15, -0.1) is 0 Å². The zero-order valence-electron chi connectivity index (χ0n) is 10.7. The van der Waals surface area contributed by atoms with E-state index in [9.17, 15) is 18.0 Å². The van der Waals surface area contributed by atoms with Crippen LogP contribution in [0.15, 0.2) is 18.2 Å². The molecule has 0 radical (unpaired) electrons. The molecule has 0 aliphatic carbocycles. The first-order valence-electron chi connectivity index (χ1n) is 5.58. The van der Waals surface area contributed by atoms with Crippen LogP contribution < -0.4 is 10.5 Å². The Kier molecular flexibility index (Phi) is 5.63. The summed E-state index contributed by atoms with van der Waals surface area (Å²) >= 11 is 0. The van der Waals surface area contributed by atoms with Crippen molar-refractivity contribution in [2.75, 3.05) is 32.7 Å². The van der Waals surface area contributed by atoms with Crippen LogP contribution in [0.2, 0.25) is 0 Å². The molecule has 0 amide bonds. The highest BCUT2D eigenvalue weighted by atomic mass is 19.4. The summed E-state index contributed by atoms with van der Waals surface area (Å²) in [6.07, 6.45) is -4.39. The number of anilines is 1. The van der Waals surface area contributed by atoms with Gasteiger partial charge in [0.1, 0.15) is 19.0 Å². The maximum atomic E-state index is 11.8. The van der Waals surface area contributed by atoms with E-state index < -0.39 is 18.8 Å². The number of alkyl halides is 3. The standard InChI is InChI=1S/C12H14F3NO4/c1-18-10-6-8(2-3-9(10)16)11(17)20-5-4-19-7-12(13,14)15/h2-3,6H,4-5,7,16H2,1H3. The Morgan fingerprint density at radius 3 is 2.60 bits per heavy atom. The lowest BCUT2D eigenvalue weighted by Crippen LogP contribution is -2.19. The lowest BCUT2D eigenvalue weighted by molar-refractivity contribution is -0.175. The number of ether oxygens (including phenoxy) is 3. The molecule has 112 valence electrons. The molecule has 0 heterocycles. The second-order valence-corrected chi connectivity index (χ2v) is 3.76. The molecule has 0 saturated heterocycles. The maximum absolute atomic E-state index is 11.8. The summed E-state index contributed by atoms with van der Waals surface area (Å²) in [7, 11) is 1.39. The number of benzene rings is 1. The van der Waals surface area contributed by atoms with Gasteiger partial charge in [0.2, 0.25) is 0 Å². The molecule has 1 aromatic rings. The highest BCUT2D eigenvalue weighted by Crippen LogP contribution is 2.22. The quantitative estimate of drug-likeness (QED) is 0.493. The molecule has 0 unspecified atom stereocenters. The summed E-state index contributed by atoms with van der Waals surface area (Å²) in [5, 5.41) is 0. The van der Waals surface area contributed by atoms with Crippen LogP contribution in [0.3, 0.4) is 0 Å². The number of methoxy groups -OCH3 is 1. The lowest BCUT2D eigenvalue weighted by Gasteiger charge is -2.09. The van der Waals surface area contributed by atoms with Crippen molar-refractivity contribution in [1.29, 1.82) is 0 Å². The molecule has 1 rings (SSSR count). The Labute approximate surface area is 113 Å². The lowest BCUT2D eigenvalue weighted by atomic mass is 10.2. The van der Waals surface area contributed by atoms with Gasteiger partial charge in [0.25, 0.3) is 0 Å². The molecule has 0 bridgehead atoms. The summed E-state index contributed by atoms with van der Waals surface area (Å²) in [5.41, 5.74) is 6.12. The van der Waals surface area contributed by atoms with Crippen LogP contribution >= 0.6 is 0 Å². The molecule has 2 N–H and O–H groups in total. The van der Waals surface area contributed by atoms with Crippen LogP contribution in [0.1, 0.15) is 10.4 Å². The van der Waals surface area contributed by atoms with E-state index in [0.717, 1.165) is 0 Å². The van der Waals surface area contributed by atoms with Crippen LogP contribution in [0.5, 0.6) is 5.75 Å². The molecule has 0 aliphatic rings. The van der Waals surface area contributed by atoms with E-state index in [2.05, 4.69) is 4.74 Å². The van der Waals surface area contributed by atoms with Crippen molar-refractivity contribution in [3.05, 3.63) is 23.8 Å². The highest BCUT2D eigenvalue weighted by Gasteiger charge is 2.27. The number of hydrogen-bond acceptors (Lipinski definition) is 5. The second-order valence-electron chi connectivity index (χ2n) is 3.76. The van der Waals surface area contributed by atoms with Crippen LogP contribution in [-0.2, 0) is 9.47 Å². The summed E-state index contributed by atoms with van der Waals surface area (Å²) in [6.45, 7) is -1.99. The molecule has 0 fully saturated rings. The summed E-state index contributed by atoms with van der Waals surface area (Å²) < 4.78 is 49.3. The SMILES string of the molecule is COc1cc(C(=O)OCCOCC(F)(F)F)ccc1N. The van der Waals surface area contributed by atoms with Gasteiger partial charge in [-0.05, 0) is 18.2 Å². The van der Waals surface area contributed by atoms with Crippen molar-refractivity contribution < 1.29 is 32.2 Å². The number of nitrogen functional groups attached to an aromatic ring is 1. The number of carbonyl (C=O) groups is 1. The van der Waals surface area contributed by atoms with Gasteiger partial charge < -0.3 is 19.9 Å². The van der Waals surface area contributed by atoms with Crippen molar-refractivity contribution in [2.45, 2.75) is 6.18 Å². The number of rotatable bonds is 6. The zero-order chi connectivity index (χ0) is 15.2. The third-order valence-electron chi connectivity index (χ3n) is 2.20. The van der Waals surface area contributed by atoms with E-state index in [4.69, 9.17) is 15.2 Å². The van der Waals surface area contributed by atoms with Crippen molar-refractivity contribution in [3.8, 4) is 5.75 Å². The van der Waals surface area contributed by atoms with Gasteiger partial charge >= 0.3 is 12.1 Å². The van der Waals surface area contributed by atoms with E-state index in [-0.39, 0.29) is 18.8 Å². The van der Waals surface area contributed by atoms with Gasteiger partial charge in [-0.25, -0.2) is 4.79 Å². The van der Waals surface area contributed by atoms with E-state index in [1.165, 1.54) is 25.3 Å². The number of halogens is 3. The molecule has 5 nitrogen and oxygen atoms in total. The molecular weight excluding hydrogens is 279 g/mol. The predicted octanol–water partition coefficient (Wildman–Crippen LogP) is 2.01. The van der Waals surface area contributed by atoms with E-state index in [1.807, 2.05) is 0 Å². The van der Waals surface area contributed by atoms with Crippen molar-refractivity contribution in [3.63, 3.8) is 0 Å². The van der Waals surface area contributed by atoms with Crippen molar-refractivity contribution in [2.24, 2.45) is 0 Å². The largest absolute Gasteiger partial charge is 0.495 e. The maximum Gasteiger partial charge on any atom is 0.411 e. The van der Waals surface area contributed by atoms with Crippen LogP contribution in [-0.4, -0.2) is 39.1 Å². The fraction of sp³-hybridized carbons (Fsp3) is 0.417. The summed E-state index contributed by atoms with van der Waals surface area (Å²) in [6, 6.07) is 4.28. The molecule has 0 aromatic heterocycles. The number of hydrogen-bond donors (Lipinski definition) is 1. The van der Waals surface area contributed by atoms with Gasteiger partial charge in [-0.3, -0.25) is 0 Å². The van der Waals surface area contributed by atoms with Crippen molar-refractivity contribution >= 4 is 11.7 Å². The average molecular weight is 293 g/mol. The Balaban J connectivity index is 2.40. The number of carbonyl (C=O) groups excluding carboxylic acids is 1. The minimum atomic E-state index is -4.39. The molecular formula is C12H14F3NO4. The third-order valence-corrected chi connectivity index (χ3v) is 2.20. The van der Waals surface area contributed by atoms with Crippen molar-refractivity contribution in [1.82, 2.24) is 0 Å². The predicted molar refractivity (Wildman–Crippen MR) is 64.6 cm³/mol. The number of nitrogens with two attached hydrogens (primary N) is 1. The smallest absolute Gasteiger partial charge is 0.411 e. The minimum absolute atomic E-state index is 0.187. The average Bonchev–Trinajstić information content (AvgIpc) is 2.37. The normalized spacial score (nSPS) is 11.2. The fourth-order valence-electron chi connectivity index (χ4n) is 1.30. The van der Waals surface area contributed by atoms with Gasteiger partial charge in [-0.2, -0.15) is 13.2 Å². The Morgan fingerprint density at radius 2 is 2.00 bits per heavy atom. The van der Waals surface area contributed by atoms with Gasteiger partial charge in [0, 0.05) is 0 Å². The Hall–Kier alpha value is -1.96. The molecule has 0 atom stereocenters. The van der Waals surface area contributed by atoms with Crippen LogP contribution in [0.4, 0.5) is 18.9 Å². The molecule has 0 aliphatic heterocycles. The fourth-order valence-corrected chi connectivity index (χ4v) is 1.30. The van der Waals surface area contributed by atoms with E-state index in [0.29, 0.717) is 11.4 Å². The Bertz CT molecular complexity index is 463. The minimum Gasteiger partial charge on any atom is -0.495 e. The van der Waals surface area contributed by atoms with E-state index >= 15 is 0 Å². The summed E-state index contributed by atoms with van der Waals surface area (Å²) in [4.78, 5) is 11.6. The first-order valence-corrected chi connectivity index (χ1v) is 5.58. The molecule has 8 heteroatoms. The van der Waals surface area contributed by atoms with Crippen LogP contribution in [0.25, 0.3) is 0 Å². The topological polar surface area (TPSA) is 70.8 Å². The zero-order valence-corrected chi connectivity index (χ0v) is 10.7. The first-order chi connectivity index (χ1) is 9.33. The number of esters is 1.